The summed E-state index contributed by atoms with van der Waals surface area (Å²) in [6, 6.07) is 3.61. The third kappa shape index (κ3) is 6.08. The molecule has 1 aliphatic rings. The fourth-order valence-corrected chi connectivity index (χ4v) is 3.18. The fourth-order valence-electron chi connectivity index (χ4n) is 3.18. The van der Waals surface area contributed by atoms with Crippen LogP contribution in [0.15, 0.2) is 12.1 Å². The van der Waals surface area contributed by atoms with Crippen molar-refractivity contribution in [3.8, 4) is 0 Å². The van der Waals surface area contributed by atoms with Gasteiger partial charge in [-0.05, 0) is 44.7 Å². The van der Waals surface area contributed by atoms with E-state index in [-0.39, 0.29) is 18.0 Å². The number of carbonyl (C=O) groups is 2. The van der Waals surface area contributed by atoms with Gasteiger partial charge in [0.1, 0.15) is 0 Å². The highest BCUT2D eigenvalue weighted by Crippen LogP contribution is 2.14. The number of amides is 2. The maximum absolute atomic E-state index is 12.4. The topological polar surface area (TPSA) is 87.7 Å². The van der Waals surface area contributed by atoms with Crippen molar-refractivity contribution in [3.63, 3.8) is 0 Å². The predicted octanol–water partition coefficient (Wildman–Crippen LogP) is 2.45. The van der Waals surface area contributed by atoms with Gasteiger partial charge in [-0.15, -0.1) is 10.2 Å². The Balaban J connectivity index is 1.87. The van der Waals surface area contributed by atoms with Gasteiger partial charge in [0.25, 0.3) is 5.91 Å². The number of aromatic nitrogens is 2. The highest BCUT2D eigenvalue weighted by atomic mass is 16.6. The number of nitrogens with zero attached hydrogens (tertiary/aromatic N) is 4. The number of piperidine rings is 1. The smallest absolute Gasteiger partial charge is 0.409 e. The summed E-state index contributed by atoms with van der Waals surface area (Å²) in [5.41, 5.74) is 0.319. The van der Waals surface area contributed by atoms with E-state index in [0.717, 1.165) is 31.7 Å². The van der Waals surface area contributed by atoms with Crippen molar-refractivity contribution in [2.75, 3.05) is 37.7 Å². The van der Waals surface area contributed by atoms with E-state index in [1.165, 1.54) is 0 Å². The van der Waals surface area contributed by atoms with Crippen LogP contribution in [0.25, 0.3) is 0 Å². The lowest BCUT2D eigenvalue weighted by Crippen LogP contribution is -2.46. The molecule has 0 radical (unpaired) electrons. The number of nitrogens with one attached hydrogen (secondary N) is 1. The molecule has 1 aliphatic heterocycles. The van der Waals surface area contributed by atoms with Crippen LogP contribution in [-0.2, 0) is 4.74 Å². The minimum Gasteiger partial charge on any atom is -0.450 e. The largest absolute Gasteiger partial charge is 0.450 e. The zero-order valence-electron chi connectivity index (χ0n) is 16.6. The van der Waals surface area contributed by atoms with Gasteiger partial charge in [0.2, 0.25) is 0 Å². The minimum absolute atomic E-state index is 0.0290. The van der Waals surface area contributed by atoms with Crippen molar-refractivity contribution in [1.29, 1.82) is 0 Å². The molecule has 0 saturated carbocycles. The highest BCUT2D eigenvalue weighted by Gasteiger charge is 2.25. The Morgan fingerprint density at radius 2 is 1.81 bits per heavy atom. The van der Waals surface area contributed by atoms with Crippen LogP contribution in [0.4, 0.5) is 10.6 Å². The average Bonchev–Trinajstić information content (AvgIpc) is 2.68. The molecule has 0 bridgehead atoms. The van der Waals surface area contributed by atoms with Crippen LogP contribution in [0.1, 0.15) is 56.9 Å². The molecule has 0 aliphatic carbocycles. The lowest BCUT2D eigenvalue weighted by molar-refractivity contribution is 0.0856. The molecule has 0 unspecified atom stereocenters. The number of rotatable bonds is 8. The molecule has 1 fully saturated rings. The summed E-state index contributed by atoms with van der Waals surface area (Å²) in [5.74, 6) is 0.583. The van der Waals surface area contributed by atoms with Crippen LogP contribution in [0.5, 0.6) is 0 Å². The summed E-state index contributed by atoms with van der Waals surface area (Å²) in [4.78, 5) is 28.0. The molecular formula is C19H31N5O3. The number of carbonyl (C=O) groups excluding carboxylic acids is 2. The van der Waals surface area contributed by atoms with Gasteiger partial charge in [0.05, 0.1) is 6.61 Å². The zero-order valence-corrected chi connectivity index (χ0v) is 16.6. The maximum atomic E-state index is 12.4. The number of likely N-dealkylation sites (tertiary alicyclic amines) is 1. The van der Waals surface area contributed by atoms with Gasteiger partial charge in [-0.3, -0.25) is 4.79 Å². The van der Waals surface area contributed by atoms with E-state index in [0.29, 0.717) is 38.2 Å². The lowest BCUT2D eigenvalue weighted by Gasteiger charge is -2.31. The Morgan fingerprint density at radius 3 is 2.33 bits per heavy atom. The molecule has 8 heteroatoms. The highest BCUT2D eigenvalue weighted by molar-refractivity contribution is 5.92. The molecule has 1 aromatic heterocycles. The Kier molecular flexibility index (Phi) is 8.29. The molecule has 0 spiro atoms. The third-order valence-electron chi connectivity index (χ3n) is 4.55. The maximum Gasteiger partial charge on any atom is 0.409 e. The van der Waals surface area contributed by atoms with E-state index < -0.39 is 0 Å². The van der Waals surface area contributed by atoms with Gasteiger partial charge < -0.3 is 19.9 Å². The Bertz CT molecular complexity index is 594. The van der Waals surface area contributed by atoms with Crippen LogP contribution >= 0.6 is 0 Å². The second-order valence-electron chi connectivity index (χ2n) is 6.70. The summed E-state index contributed by atoms with van der Waals surface area (Å²) in [6.45, 7) is 9.43. The summed E-state index contributed by atoms with van der Waals surface area (Å²) in [5, 5.41) is 11.3. The Hall–Kier alpha value is -2.38. The van der Waals surface area contributed by atoms with Crippen molar-refractivity contribution in [3.05, 3.63) is 17.8 Å². The van der Waals surface area contributed by atoms with Crippen LogP contribution in [0, 0.1) is 0 Å². The molecule has 2 heterocycles. The van der Waals surface area contributed by atoms with Crippen molar-refractivity contribution in [2.24, 2.45) is 0 Å². The first-order valence-corrected chi connectivity index (χ1v) is 9.90. The number of hydrogen-bond donors (Lipinski definition) is 1. The molecule has 1 aromatic rings. The SMILES string of the molecule is CCCN(CCC)c1ccc(C(=O)NC2CCN(C(=O)OCC)CC2)nn1. The van der Waals surface area contributed by atoms with Gasteiger partial charge in [0, 0.05) is 32.2 Å². The summed E-state index contributed by atoms with van der Waals surface area (Å²) >= 11 is 0. The molecule has 0 aromatic carbocycles. The average molecular weight is 377 g/mol. The molecule has 2 rings (SSSR count). The van der Waals surface area contributed by atoms with Crippen LogP contribution in [0.3, 0.4) is 0 Å². The second kappa shape index (κ2) is 10.7. The van der Waals surface area contributed by atoms with Crippen LogP contribution in [-0.4, -0.2) is 65.9 Å². The molecule has 1 N–H and O–H groups in total. The standard InChI is InChI=1S/C19H31N5O3/c1-4-11-23(12-5-2)17-8-7-16(21-22-17)18(25)20-15-9-13-24(14-10-15)19(26)27-6-3/h7-8,15H,4-6,9-14H2,1-3H3,(H,20,25). The molecule has 8 nitrogen and oxygen atoms in total. The molecule has 150 valence electrons. The van der Waals surface area contributed by atoms with Crippen molar-refractivity contribution in [2.45, 2.75) is 52.5 Å². The van der Waals surface area contributed by atoms with E-state index in [1.807, 2.05) is 6.07 Å². The van der Waals surface area contributed by atoms with E-state index in [4.69, 9.17) is 4.74 Å². The van der Waals surface area contributed by atoms with Crippen molar-refractivity contribution >= 4 is 17.8 Å². The Labute approximate surface area is 161 Å². The van der Waals surface area contributed by atoms with E-state index in [9.17, 15) is 9.59 Å². The quantitative estimate of drug-likeness (QED) is 0.749. The molecule has 2 amide bonds. The fraction of sp³-hybridized carbons (Fsp3) is 0.684. The summed E-state index contributed by atoms with van der Waals surface area (Å²) in [7, 11) is 0. The predicted molar refractivity (Wildman–Crippen MR) is 104 cm³/mol. The molecule has 27 heavy (non-hydrogen) atoms. The zero-order chi connectivity index (χ0) is 19.6. The van der Waals surface area contributed by atoms with Crippen molar-refractivity contribution < 1.29 is 14.3 Å². The molecule has 0 atom stereocenters. The van der Waals surface area contributed by atoms with Crippen LogP contribution < -0.4 is 10.2 Å². The van der Waals surface area contributed by atoms with Crippen LogP contribution in [0.2, 0.25) is 0 Å². The first-order chi connectivity index (χ1) is 13.1. The van der Waals surface area contributed by atoms with Gasteiger partial charge in [0.15, 0.2) is 11.5 Å². The van der Waals surface area contributed by atoms with Gasteiger partial charge in [-0.1, -0.05) is 13.8 Å². The molecule has 1 saturated heterocycles. The van der Waals surface area contributed by atoms with E-state index in [2.05, 4.69) is 34.3 Å². The lowest BCUT2D eigenvalue weighted by atomic mass is 10.1. The first-order valence-electron chi connectivity index (χ1n) is 9.90. The first kappa shape index (κ1) is 20.9. The normalized spacial score (nSPS) is 14.7. The third-order valence-corrected chi connectivity index (χ3v) is 4.55. The van der Waals surface area contributed by atoms with Gasteiger partial charge in [-0.25, -0.2) is 4.79 Å². The van der Waals surface area contributed by atoms with Crippen molar-refractivity contribution in [1.82, 2.24) is 20.4 Å². The monoisotopic (exact) mass is 377 g/mol. The Morgan fingerprint density at radius 1 is 1.15 bits per heavy atom. The summed E-state index contributed by atoms with van der Waals surface area (Å²) in [6.07, 6.45) is 3.20. The van der Waals surface area contributed by atoms with E-state index in [1.54, 1.807) is 17.9 Å². The minimum atomic E-state index is -0.285. The number of ether oxygens (including phenoxy) is 1. The number of anilines is 1. The second-order valence-corrected chi connectivity index (χ2v) is 6.70. The van der Waals surface area contributed by atoms with E-state index >= 15 is 0 Å². The molecular weight excluding hydrogens is 346 g/mol. The summed E-state index contributed by atoms with van der Waals surface area (Å²) < 4.78 is 5.01. The number of hydrogen-bond acceptors (Lipinski definition) is 6. The van der Waals surface area contributed by atoms with Gasteiger partial charge in [-0.2, -0.15) is 0 Å². The van der Waals surface area contributed by atoms with Gasteiger partial charge >= 0.3 is 6.09 Å².